The Morgan fingerprint density at radius 1 is 1.19 bits per heavy atom. The molecule has 0 radical (unpaired) electrons. The Labute approximate surface area is 122 Å². The Morgan fingerprint density at radius 2 is 1.90 bits per heavy atom. The number of para-hydroxylation sites is 1. The van der Waals surface area contributed by atoms with E-state index in [2.05, 4.69) is 5.10 Å². The maximum atomic E-state index is 11.7. The van der Waals surface area contributed by atoms with Gasteiger partial charge in [-0.15, -0.1) is 0 Å². The number of aromatic nitrogens is 2. The maximum Gasteiger partial charge on any atom is 0.238 e. The van der Waals surface area contributed by atoms with Crippen molar-refractivity contribution in [2.24, 2.45) is 5.14 Å². The first-order valence-corrected chi connectivity index (χ1v) is 7.78. The van der Waals surface area contributed by atoms with Crippen LogP contribution in [0.2, 0.25) is 0 Å². The summed E-state index contributed by atoms with van der Waals surface area (Å²) in [5, 5.41) is 10.5. The molecule has 0 unspecified atom stereocenters. The second kappa shape index (κ2) is 4.57. The number of fused-ring (bicyclic) bond motifs is 1. The number of sulfonamides is 1. The molecule has 3 rings (SSSR count). The normalized spacial score (nSPS) is 11.9. The molecule has 2 aromatic carbocycles. The van der Waals surface area contributed by atoms with Crippen molar-refractivity contribution in [3.63, 3.8) is 0 Å². The van der Waals surface area contributed by atoms with Crippen LogP contribution in [0.4, 0.5) is 5.69 Å². The second-order valence-corrected chi connectivity index (χ2v) is 6.35. The Kier molecular flexibility index (Phi) is 2.96. The molecule has 0 fully saturated rings. The highest BCUT2D eigenvalue weighted by molar-refractivity contribution is 7.89. The highest BCUT2D eigenvalue weighted by atomic mass is 32.2. The van der Waals surface area contributed by atoms with Crippen molar-refractivity contribution in [3.05, 3.63) is 48.2 Å². The lowest BCUT2D eigenvalue weighted by molar-refractivity contribution is 0.597. The molecule has 21 heavy (non-hydrogen) atoms. The molecule has 1 aromatic heterocycles. The molecule has 0 atom stereocenters. The Balaban J connectivity index is 2.36. The third kappa shape index (κ3) is 2.26. The molecular formula is C14H14N4O2S. The fraction of sp³-hybridized carbons (Fsp3) is 0.0714. The Bertz CT molecular complexity index is 945. The summed E-state index contributed by atoms with van der Waals surface area (Å²) in [6.07, 6.45) is 1.72. The lowest BCUT2D eigenvalue weighted by Crippen LogP contribution is -2.15. The number of rotatable bonds is 2. The molecule has 4 N–H and O–H groups in total. The second-order valence-electron chi connectivity index (χ2n) is 4.82. The molecule has 3 aromatic rings. The monoisotopic (exact) mass is 302 g/mol. The summed E-state index contributed by atoms with van der Waals surface area (Å²) >= 11 is 0. The van der Waals surface area contributed by atoms with E-state index in [0.29, 0.717) is 16.9 Å². The van der Waals surface area contributed by atoms with Crippen molar-refractivity contribution in [2.75, 3.05) is 5.73 Å². The summed E-state index contributed by atoms with van der Waals surface area (Å²) in [4.78, 5) is 0.0112. The van der Waals surface area contributed by atoms with Gasteiger partial charge in [-0.05, 0) is 30.7 Å². The quantitative estimate of drug-likeness (QED) is 0.701. The van der Waals surface area contributed by atoms with Gasteiger partial charge in [0.05, 0.1) is 22.3 Å². The SMILES string of the molecule is Cc1c(-n2ncc3ccccc32)cc(N)cc1S(N)(=O)=O. The minimum Gasteiger partial charge on any atom is -0.399 e. The van der Waals surface area contributed by atoms with Gasteiger partial charge in [-0.25, -0.2) is 18.2 Å². The van der Waals surface area contributed by atoms with Crippen LogP contribution in [0.25, 0.3) is 16.6 Å². The van der Waals surface area contributed by atoms with Crippen LogP contribution >= 0.6 is 0 Å². The number of nitrogen functional groups attached to an aromatic ring is 1. The van der Waals surface area contributed by atoms with E-state index in [9.17, 15) is 8.42 Å². The van der Waals surface area contributed by atoms with Crippen LogP contribution in [0.3, 0.4) is 0 Å². The van der Waals surface area contributed by atoms with E-state index in [0.717, 1.165) is 10.9 Å². The summed E-state index contributed by atoms with van der Waals surface area (Å²) in [6, 6.07) is 10.7. The van der Waals surface area contributed by atoms with E-state index in [4.69, 9.17) is 10.9 Å². The number of hydrogen-bond acceptors (Lipinski definition) is 4. The zero-order valence-corrected chi connectivity index (χ0v) is 12.1. The molecular weight excluding hydrogens is 288 g/mol. The van der Waals surface area contributed by atoms with Crippen LogP contribution in [0.15, 0.2) is 47.5 Å². The zero-order valence-electron chi connectivity index (χ0n) is 11.3. The highest BCUT2D eigenvalue weighted by Gasteiger charge is 2.17. The van der Waals surface area contributed by atoms with Gasteiger partial charge in [0.25, 0.3) is 0 Å². The highest BCUT2D eigenvalue weighted by Crippen LogP contribution is 2.27. The largest absolute Gasteiger partial charge is 0.399 e. The van der Waals surface area contributed by atoms with Crippen molar-refractivity contribution < 1.29 is 8.42 Å². The smallest absolute Gasteiger partial charge is 0.238 e. The molecule has 6 nitrogen and oxygen atoms in total. The van der Waals surface area contributed by atoms with Gasteiger partial charge in [-0.1, -0.05) is 18.2 Å². The third-order valence-electron chi connectivity index (χ3n) is 3.37. The van der Waals surface area contributed by atoms with Crippen molar-refractivity contribution in [2.45, 2.75) is 11.8 Å². The third-order valence-corrected chi connectivity index (χ3v) is 4.40. The van der Waals surface area contributed by atoms with Gasteiger partial charge in [0.15, 0.2) is 0 Å². The van der Waals surface area contributed by atoms with Gasteiger partial charge in [0, 0.05) is 11.1 Å². The maximum absolute atomic E-state index is 11.7. The van der Waals surface area contributed by atoms with Gasteiger partial charge in [-0.3, -0.25) is 0 Å². The van der Waals surface area contributed by atoms with Gasteiger partial charge in [-0.2, -0.15) is 5.10 Å². The van der Waals surface area contributed by atoms with Crippen LogP contribution in [0.1, 0.15) is 5.56 Å². The molecule has 0 aliphatic heterocycles. The van der Waals surface area contributed by atoms with Gasteiger partial charge >= 0.3 is 0 Å². The Morgan fingerprint density at radius 3 is 2.62 bits per heavy atom. The molecule has 0 bridgehead atoms. The fourth-order valence-electron chi connectivity index (χ4n) is 2.37. The molecule has 1 heterocycles. The average Bonchev–Trinajstić information content (AvgIpc) is 2.83. The average molecular weight is 302 g/mol. The molecule has 7 heteroatoms. The summed E-state index contributed by atoms with van der Waals surface area (Å²) in [5.41, 5.74) is 8.11. The van der Waals surface area contributed by atoms with E-state index >= 15 is 0 Å². The van der Waals surface area contributed by atoms with Crippen molar-refractivity contribution >= 4 is 26.6 Å². The van der Waals surface area contributed by atoms with Gasteiger partial charge < -0.3 is 5.73 Å². The van der Waals surface area contributed by atoms with Crippen LogP contribution in [0.5, 0.6) is 0 Å². The summed E-state index contributed by atoms with van der Waals surface area (Å²) in [5.74, 6) is 0. The van der Waals surface area contributed by atoms with Crippen LogP contribution in [-0.2, 0) is 10.0 Å². The van der Waals surface area contributed by atoms with Crippen LogP contribution in [-0.4, -0.2) is 18.2 Å². The van der Waals surface area contributed by atoms with Gasteiger partial charge in [0.2, 0.25) is 10.0 Å². The van der Waals surface area contributed by atoms with Crippen molar-refractivity contribution in [1.82, 2.24) is 9.78 Å². The predicted octanol–water partition coefficient (Wildman–Crippen LogP) is 1.56. The number of hydrogen-bond donors (Lipinski definition) is 2. The number of primary sulfonamides is 1. The lowest BCUT2D eigenvalue weighted by Gasteiger charge is -2.12. The van der Waals surface area contributed by atoms with E-state index in [-0.39, 0.29) is 4.90 Å². The first-order valence-electron chi connectivity index (χ1n) is 6.24. The molecule has 0 saturated carbocycles. The summed E-state index contributed by atoms with van der Waals surface area (Å²) in [6.45, 7) is 1.69. The van der Waals surface area contributed by atoms with Crippen LogP contribution < -0.4 is 10.9 Å². The van der Waals surface area contributed by atoms with E-state index in [1.54, 1.807) is 23.9 Å². The molecule has 0 aliphatic carbocycles. The number of nitrogens with two attached hydrogens (primary N) is 2. The van der Waals surface area contributed by atoms with E-state index in [1.807, 2.05) is 24.3 Å². The fourth-order valence-corrected chi connectivity index (χ4v) is 3.20. The lowest BCUT2D eigenvalue weighted by atomic mass is 10.1. The van der Waals surface area contributed by atoms with Gasteiger partial charge in [0.1, 0.15) is 0 Å². The summed E-state index contributed by atoms with van der Waals surface area (Å²) < 4.78 is 25.0. The minimum absolute atomic E-state index is 0.0112. The predicted molar refractivity (Wildman–Crippen MR) is 81.6 cm³/mol. The number of benzene rings is 2. The van der Waals surface area contributed by atoms with Crippen molar-refractivity contribution in [3.8, 4) is 5.69 Å². The number of nitrogens with zero attached hydrogens (tertiary/aromatic N) is 2. The summed E-state index contributed by atoms with van der Waals surface area (Å²) in [7, 11) is -3.84. The Hall–Kier alpha value is -2.38. The van der Waals surface area contributed by atoms with Crippen molar-refractivity contribution in [1.29, 1.82) is 0 Å². The first kappa shape index (κ1) is 13.6. The molecule has 0 spiro atoms. The zero-order chi connectivity index (χ0) is 15.2. The first-order chi connectivity index (χ1) is 9.88. The number of anilines is 1. The topological polar surface area (TPSA) is 104 Å². The minimum atomic E-state index is -3.84. The molecule has 0 amide bonds. The standard InChI is InChI=1S/C14H14N4O2S/c1-9-13(6-11(15)7-14(9)21(16,19)20)18-12-5-3-2-4-10(12)8-17-18/h2-8H,15H2,1H3,(H2,16,19,20). The van der Waals surface area contributed by atoms with Crippen LogP contribution in [0, 0.1) is 6.92 Å². The molecule has 108 valence electrons. The molecule has 0 saturated heterocycles. The van der Waals surface area contributed by atoms with E-state index in [1.165, 1.54) is 6.07 Å². The molecule has 0 aliphatic rings. The van der Waals surface area contributed by atoms with E-state index < -0.39 is 10.0 Å².